The van der Waals surface area contributed by atoms with E-state index in [1.165, 1.54) is 0 Å². The van der Waals surface area contributed by atoms with E-state index in [1.54, 1.807) is 17.5 Å². The molecule has 0 aromatic carbocycles. The summed E-state index contributed by atoms with van der Waals surface area (Å²) in [5.74, 6) is -0.799. The molecule has 1 atom stereocenters. The molecule has 1 heterocycles. The zero-order chi connectivity index (χ0) is 11.4. The SMILES string of the molecule is CC(C)N(CC(=O)O)C(C)c1nccs1. The fraction of sp³-hybridized carbons (Fsp3) is 0.600. The predicted molar refractivity (Wildman–Crippen MR) is 60.0 cm³/mol. The van der Waals surface area contributed by atoms with Crippen LogP contribution in [0.1, 0.15) is 31.8 Å². The standard InChI is InChI=1S/C10H16N2O2S/c1-7(2)12(6-9(13)14)8(3)10-11-4-5-15-10/h4-5,7-8H,6H2,1-3H3,(H,13,14). The van der Waals surface area contributed by atoms with Gasteiger partial charge in [0, 0.05) is 17.6 Å². The average molecular weight is 228 g/mol. The number of carboxylic acids is 1. The molecule has 0 amide bonds. The summed E-state index contributed by atoms with van der Waals surface area (Å²) in [6.45, 7) is 6.03. The summed E-state index contributed by atoms with van der Waals surface area (Å²) in [5.41, 5.74) is 0. The molecule has 0 radical (unpaired) electrons. The molecule has 0 aliphatic rings. The Kier molecular flexibility index (Phi) is 4.23. The molecule has 5 heteroatoms. The van der Waals surface area contributed by atoms with Crippen molar-refractivity contribution >= 4 is 17.3 Å². The van der Waals surface area contributed by atoms with Crippen molar-refractivity contribution in [3.63, 3.8) is 0 Å². The van der Waals surface area contributed by atoms with Gasteiger partial charge < -0.3 is 5.11 Å². The molecule has 1 aromatic heterocycles. The van der Waals surface area contributed by atoms with Gasteiger partial charge in [-0.2, -0.15) is 0 Å². The van der Waals surface area contributed by atoms with Crippen LogP contribution in [0.15, 0.2) is 11.6 Å². The van der Waals surface area contributed by atoms with E-state index in [1.807, 2.05) is 31.1 Å². The third kappa shape index (κ3) is 3.28. The van der Waals surface area contributed by atoms with E-state index in [0.29, 0.717) is 0 Å². The number of hydrogen-bond acceptors (Lipinski definition) is 4. The smallest absolute Gasteiger partial charge is 0.317 e. The van der Waals surface area contributed by atoms with E-state index < -0.39 is 5.97 Å². The van der Waals surface area contributed by atoms with E-state index in [2.05, 4.69) is 4.98 Å². The van der Waals surface area contributed by atoms with Crippen LogP contribution in [-0.4, -0.2) is 33.5 Å². The van der Waals surface area contributed by atoms with Gasteiger partial charge in [0.2, 0.25) is 0 Å². The van der Waals surface area contributed by atoms with Crippen molar-refractivity contribution in [3.8, 4) is 0 Å². The van der Waals surface area contributed by atoms with Gasteiger partial charge in [0.25, 0.3) is 0 Å². The van der Waals surface area contributed by atoms with Gasteiger partial charge in [-0.3, -0.25) is 9.69 Å². The molecule has 0 aliphatic carbocycles. The van der Waals surface area contributed by atoms with E-state index in [0.717, 1.165) is 5.01 Å². The molecule has 0 saturated carbocycles. The van der Waals surface area contributed by atoms with Gasteiger partial charge in [0.05, 0.1) is 12.6 Å². The van der Waals surface area contributed by atoms with Crippen molar-refractivity contribution in [2.45, 2.75) is 32.9 Å². The van der Waals surface area contributed by atoms with E-state index in [-0.39, 0.29) is 18.6 Å². The van der Waals surface area contributed by atoms with E-state index in [9.17, 15) is 4.79 Å². The largest absolute Gasteiger partial charge is 0.480 e. The van der Waals surface area contributed by atoms with Gasteiger partial charge in [0.15, 0.2) is 0 Å². The van der Waals surface area contributed by atoms with Gasteiger partial charge in [-0.1, -0.05) is 0 Å². The molecule has 1 unspecified atom stereocenters. The van der Waals surface area contributed by atoms with Gasteiger partial charge in [-0.25, -0.2) is 4.98 Å². The van der Waals surface area contributed by atoms with Crippen LogP contribution in [-0.2, 0) is 4.79 Å². The molecular weight excluding hydrogens is 212 g/mol. The number of carbonyl (C=O) groups is 1. The second-order valence-electron chi connectivity index (χ2n) is 3.71. The molecule has 1 N–H and O–H groups in total. The number of carboxylic acid groups (broad SMARTS) is 1. The van der Waals surface area contributed by atoms with E-state index in [4.69, 9.17) is 5.11 Å². The monoisotopic (exact) mass is 228 g/mol. The first-order valence-electron chi connectivity index (χ1n) is 4.89. The zero-order valence-electron chi connectivity index (χ0n) is 9.17. The van der Waals surface area contributed by atoms with Crippen molar-refractivity contribution in [2.24, 2.45) is 0 Å². The number of aliphatic carboxylic acids is 1. The number of rotatable bonds is 5. The summed E-state index contributed by atoms with van der Waals surface area (Å²) in [7, 11) is 0. The summed E-state index contributed by atoms with van der Waals surface area (Å²) in [6, 6.07) is 0.251. The van der Waals surface area contributed by atoms with Crippen molar-refractivity contribution in [1.82, 2.24) is 9.88 Å². The normalized spacial score (nSPS) is 13.4. The Morgan fingerprint density at radius 2 is 2.27 bits per heavy atom. The molecule has 1 aromatic rings. The highest BCUT2D eigenvalue weighted by atomic mass is 32.1. The molecule has 1 rings (SSSR count). The molecule has 15 heavy (non-hydrogen) atoms. The third-order valence-electron chi connectivity index (χ3n) is 2.29. The Balaban J connectivity index is 2.76. The van der Waals surface area contributed by atoms with E-state index >= 15 is 0 Å². The first-order valence-corrected chi connectivity index (χ1v) is 5.77. The van der Waals surface area contributed by atoms with Crippen molar-refractivity contribution < 1.29 is 9.90 Å². The molecular formula is C10H16N2O2S. The Labute approximate surface area is 93.6 Å². The van der Waals surface area contributed by atoms with Gasteiger partial charge in [0.1, 0.15) is 5.01 Å². The quantitative estimate of drug-likeness (QED) is 0.837. The topological polar surface area (TPSA) is 53.4 Å². The summed E-state index contributed by atoms with van der Waals surface area (Å²) in [6.07, 6.45) is 1.75. The van der Waals surface area contributed by atoms with Crippen LogP contribution >= 0.6 is 11.3 Å². The van der Waals surface area contributed by atoms with Crippen LogP contribution in [0.5, 0.6) is 0 Å². The van der Waals surface area contributed by atoms with Crippen molar-refractivity contribution in [3.05, 3.63) is 16.6 Å². The minimum Gasteiger partial charge on any atom is -0.480 e. The predicted octanol–water partition coefficient (Wildman–Crippen LogP) is 2.00. The molecule has 0 aliphatic heterocycles. The highest BCUT2D eigenvalue weighted by Crippen LogP contribution is 2.23. The molecule has 0 saturated heterocycles. The lowest BCUT2D eigenvalue weighted by Crippen LogP contribution is -2.37. The summed E-state index contributed by atoms with van der Waals surface area (Å²) in [4.78, 5) is 16.9. The van der Waals surface area contributed by atoms with Crippen molar-refractivity contribution in [1.29, 1.82) is 0 Å². The lowest BCUT2D eigenvalue weighted by Gasteiger charge is -2.29. The molecule has 84 valence electrons. The number of nitrogens with zero attached hydrogens (tertiary/aromatic N) is 2. The summed E-state index contributed by atoms with van der Waals surface area (Å²) in [5, 5.41) is 11.7. The summed E-state index contributed by atoms with van der Waals surface area (Å²) < 4.78 is 0. The Morgan fingerprint density at radius 1 is 1.60 bits per heavy atom. The fourth-order valence-electron chi connectivity index (χ4n) is 1.51. The number of hydrogen-bond donors (Lipinski definition) is 1. The van der Waals surface area contributed by atoms with Crippen LogP contribution in [0, 0.1) is 0 Å². The highest BCUT2D eigenvalue weighted by Gasteiger charge is 2.22. The molecule has 4 nitrogen and oxygen atoms in total. The zero-order valence-corrected chi connectivity index (χ0v) is 9.99. The number of aromatic nitrogens is 1. The second kappa shape index (κ2) is 5.23. The van der Waals surface area contributed by atoms with Crippen LogP contribution in [0.2, 0.25) is 0 Å². The third-order valence-corrected chi connectivity index (χ3v) is 3.23. The molecule has 0 fully saturated rings. The fourth-order valence-corrected chi connectivity index (χ4v) is 2.22. The first-order chi connectivity index (χ1) is 7.02. The van der Waals surface area contributed by atoms with Gasteiger partial charge >= 0.3 is 5.97 Å². The van der Waals surface area contributed by atoms with Gasteiger partial charge in [-0.15, -0.1) is 11.3 Å². The number of thiazole rings is 1. The first kappa shape index (κ1) is 12.1. The lowest BCUT2D eigenvalue weighted by molar-refractivity contribution is -0.139. The maximum absolute atomic E-state index is 10.7. The van der Waals surface area contributed by atoms with Crippen LogP contribution in [0.3, 0.4) is 0 Å². The molecule has 0 spiro atoms. The second-order valence-corrected chi connectivity index (χ2v) is 4.63. The Bertz CT molecular complexity index is 311. The van der Waals surface area contributed by atoms with Crippen LogP contribution < -0.4 is 0 Å². The average Bonchev–Trinajstić information content (AvgIpc) is 2.65. The van der Waals surface area contributed by atoms with Gasteiger partial charge in [-0.05, 0) is 20.8 Å². The van der Waals surface area contributed by atoms with Crippen LogP contribution in [0.25, 0.3) is 0 Å². The molecule has 0 bridgehead atoms. The Morgan fingerprint density at radius 3 is 2.67 bits per heavy atom. The maximum Gasteiger partial charge on any atom is 0.317 e. The minimum absolute atomic E-state index is 0.0540. The highest BCUT2D eigenvalue weighted by molar-refractivity contribution is 7.09. The summed E-state index contributed by atoms with van der Waals surface area (Å²) >= 11 is 1.56. The minimum atomic E-state index is -0.799. The van der Waals surface area contributed by atoms with Crippen LogP contribution in [0.4, 0.5) is 0 Å². The maximum atomic E-state index is 10.7. The Hall–Kier alpha value is -0.940. The lowest BCUT2D eigenvalue weighted by atomic mass is 10.2. The van der Waals surface area contributed by atoms with Crippen molar-refractivity contribution in [2.75, 3.05) is 6.54 Å².